The highest BCUT2D eigenvalue weighted by molar-refractivity contribution is 6.43. The molecule has 2 rings (SSSR count). The molecule has 1 aliphatic carbocycles. The fourth-order valence-electron chi connectivity index (χ4n) is 2.70. The van der Waals surface area contributed by atoms with Gasteiger partial charge >= 0.3 is 13.3 Å². The highest BCUT2D eigenvalue weighted by atomic mass is 19.4. The van der Waals surface area contributed by atoms with Crippen LogP contribution in [0.3, 0.4) is 0 Å². The van der Waals surface area contributed by atoms with E-state index in [1.54, 1.807) is 0 Å². The zero-order chi connectivity index (χ0) is 14.4. The molecule has 0 aromatic carbocycles. The number of nitrogens with zero attached hydrogens (tertiary/aromatic N) is 1. The summed E-state index contributed by atoms with van der Waals surface area (Å²) in [5.41, 5.74) is 3.38. The molecule has 0 spiro atoms. The lowest BCUT2D eigenvalue weighted by molar-refractivity contribution is -0.196. The largest absolute Gasteiger partial charge is 0.475 e. The van der Waals surface area contributed by atoms with Gasteiger partial charge < -0.3 is 20.7 Å². The van der Waals surface area contributed by atoms with Gasteiger partial charge in [0.25, 0.3) is 0 Å². The van der Waals surface area contributed by atoms with Crippen molar-refractivity contribution in [3.63, 3.8) is 0 Å². The van der Waals surface area contributed by atoms with E-state index in [9.17, 15) is 18.0 Å². The summed E-state index contributed by atoms with van der Waals surface area (Å²) in [5, 5.41) is 18.3. The zero-order valence-corrected chi connectivity index (χ0v) is 10.2. The average Bonchev–Trinajstić information content (AvgIpc) is 2.98. The van der Waals surface area contributed by atoms with Crippen molar-refractivity contribution < 1.29 is 28.0 Å². The molecule has 0 bridgehead atoms. The smallest absolute Gasteiger partial charge is 0.426 e. The molecule has 1 amide bonds. The molecule has 1 heterocycles. The van der Waals surface area contributed by atoms with Gasteiger partial charge in [-0.05, 0) is 25.7 Å². The van der Waals surface area contributed by atoms with Crippen LogP contribution in [0.5, 0.6) is 0 Å². The van der Waals surface area contributed by atoms with Gasteiger partial charge in [0.15, 0.2) is 0 Å². The number of amides is 1. The van der Waals surface area contributed by atoms with E-state index < -0.39 is 36.6 Å². The van der Waals surface area contributed by atoms with Crippen LogP contribution < -0.4 is 5.73 Å². The summed E-state index contributed by atoms with van der Waals surface area (Å²) in [6.45, 7) is 0.211. The maximum atomic E-state index is 12.9. The highest BCUT2D eigenvalue weighted by Crippen LogP contribution is 2.59. The van der Waals surface area contributed by atoms with Crippen LogP contribution >= 0.6 is 0 Å². The van der Waals surface area contributed by atoms with Gasteiger partial charge in [-0.15, -0.1) is 0 Å². The number of hydrogen-bond acceptors (Lipinski definition) is 4. The van der Waals surface area contributed by atoms with Gasteiger partial charge in [0.05, 0.1) is 17.4 Å². The molecular weight excluding hydrogens is 264 g/mol. The Balaban J connectivity index is 2.12. The minimum absolute atomic E-state index is 0.149. The van der Waals surface area contributed by atoms with E-state index in [4.69, 9.17) is 15.8 Å². The van der Waals surface area contributed by atoms with Crippen molar-refractivity contribution in [1.82, 2.24) is 4.90 Å². The Bertz CT molecular complexity index is 374. The molecular formula is C10H16BF3N2O3. The van der Waals surface area contributed by atoms with E-state index >= 15 is 0 Å². The van der Waals surface area contributed by atoms with Gasteiger partial charge in [0.1, 0.15) is 0 Å². The predicted molar refractivity (Wildman–Crippen MR) is 60.6 cm³/mol. The second-order valence-electron chi connectivity index (χ2n) is 5.29. The molecule has 2 fully saturated rings. The lowest BCUT2D eigenvalue weighted by Gasteiger charge is -2.31. The van der Waals surface area contributed by atoms with Crippen LogP contribution in [0.2, 0.25) is 0 Å². The summed E-state index contributed by atoms with van der Waals surface area (Å²) in [7, 11) is -1.75. The van der Waals surface area contributed by atoms with Gasteiger partial charge in [-0.3, -0.25) is 4.79 Å². The average molecular weight is 280 g/mol. The van der Waals surface area contributed by atoms with Gasteiger partial charge in [0, 0.05) is 6.54 Å². The Hall–Kier alpha value is -0.795. The van der Waals surface area contributed by atoms with Crippen LogP contribution in [0.25, 0.3) is 0 Å². The second-order valence-corrected chi connectivity index (χ2v) is 5.29. The van der Waals surface area contributed by atoms with E-state index in [-0.39, 0.29) is 19.4 Å². The lowest BCUT2D eigenvalue weighted by Crippen LogP contribution is -2.56. The van der Waals surface area contributed by atoms with Crippen LogP contribution in [0.1, 0.15) is 25.7 Å². The van der Waals surface area contributed by atoms with Crippen molar-refractivity contribution in [3.8, 4) is 0 Å². The summed E-state index contributed by atoms with van der Waals surface area (Å²) in [4.78, 5) is 13.1. The third-order valence-electron chi connectivity index (χ3n) is 4.14. The standard InChI is InChI=1S/C10H16BF3N2O3/c12-10(13,14)9(3-4-9)7(15)8(17)16-5-1-2-6(16)11(18)19/h6-7,18-19H,1-5,15H2/t6-,7?/m0/s1. The molecule has 9 heteroatoms. The molecule has 1 unspecified atom stereocenters. The number of hydrogen-bond donors (Lipinski definition) is 3. The normalized spacial score (nSPS) is 27.3. The summed E-state index contributed by atoms with van der Waals surface area (Å²) in [5.74, 6) is -1.70. The van der Waals surface area contributed by atoms with Crippen molar-refractivity contribution in [2.45, 2.75) is 43.8 Å². The van der Waals surface area contributed by atoms with Crippen LogP contribution in [-0.2, 0) is 4.79 Å². The zero-order valence-electron chi connectivity index (χ0n) is 10.2. The summed E-state index contributed by atoms with van der Waals surface area (Å²) >= 11 is 0. The Morgan fingerprint density at radius 1 is 1.42 bits per heavy atom. The van der Waals surface area contributed by atoms with Gasteiger partial charge in [-0.25, -0.2) is 0 Å². The van der Waals surface area contributed by atoms with E-state index in [0.29, 0.717) is 12.8 Å². The minimum Gasteiger partial charge on any atom is -0.426 e. The SMILES string of the molecule is NC(C(=O)N1CCC[C@H]1B(O)O)C1(C(F)(F)F)CC1. The van der Waals surface area contributed by atoms with Crippen molar-refractivity contribution in [2.24, 2.45) is 11.1 Å². The number of likely N-dealkylation sites (tertiary alicyclic amines) is 1. The van der Waals surface area contributed by atoms with E-state index in [1.807, 2.05) is 0 Å². The number of halogens is 3. The molecule has 1 aliphatic heterocycles. The fraction of sp³-hybridized carbons (Fsp3) is 0.900. The topological polar surface area (TPSA) is 86.8 Å². The molecule has 0 aromatic rings. The summed E-state index contributed by atoms with van der Waals surface area (Å²) in [6.07, 6.45) is -3.92. The van der Waals surface area contributed by atoms with Crippen molar-refractivity contribution in [2.75, 3.05) is 6.54 Å². The number of carbonyl (C=O) groups excluding carboxylic acids is 1. The first-order chi connectivity index (χ1) is 8.71. The highest BCUT2D eigenvalue weighted by Gasteiger charge is 2.68. The first-order valence-corrected chi connectivity index (χ1v) is 6.19. The Morgan fingerprint density at radius 3 is 2.42 bits per heavy atom. The molecule has 1 saturated carbocycles. The van der Waals surface area contributed by atoms with Crippen molar-refractivity contribution >= 4 is 13.0 Å². The van der Waals surface area contributed by atoms with Gasteiger partial charge in [-0.2, -0.15) is 13.2 Å². The number of carbonyl (C=O) groups is 1. The predicted octanol–water partition coefficient (Wildman–Crippen LogP) is -0.341. The fourth-order valence-corrected chi connectivity index (χ4v) is 2.70. The number of rotatable bonds is 3. The number of alkyl halides is 3. The maximum Gasteiger partial charge on any atom is 0.475 e. The molecule has 0 aromatic heterocycles. The molecule has 4 N–H and O–H groups in total. The van der Waals surface area contributed by atoms with Gasteiger partial charge in [-0.1, -0.05) is 0 Å². The molecule has 2 atom stereocenters. The van der Waals surface area contributed by atoms with E-state index in [0.717, 1.165) is 4.90 Å². The minimum atomic E-state index is -4.50. The molecule has 19 heavy (non-hydrogen) atoms. The Labute approximate surface area is 108 Å². The van der Waals surface area contributed by atoms with Crippen LogP contribution in [0.4, 0.5) is 13.2 Å². The van der Waals surface area contributed by atoms with Crippen LogP contribution in [0.15, 0.2) is 0 Å². The third kappa shape index (κ3) is 2.34. The van der Waals surface area contributed by atoms with Crippen LogP contribution in [-0.4, -0.2) is 52.7 Å². The van der Waals surface area contributed by atoms with Crippen LogP contribution in [0, 0.1) is 5.41 Å². The number of nitrogens with two attached hydrogens (primary N) is 1. The molecule has 5 nitrogen and oxygen atoms in total. The van der Waals surface area contributed by atoms with E-state index in [2.05, 4.69) is 0 Å². The molecule has 108 valence electrons. The maximum absolute atomic E-state index is 12.9. The summed E-state index contributed by atoms with van der Waals surface area (Å²) < 4.78 is 38.7. The lowest BCUT2D eigenvalue weighted by atomic mass is 9.77. The van der Waals surface area contributed by atoms with Crippen molar-refractivity contribution in [3.05, 3.63) is 0 Å². The molecule has 0 radical (unpaired) electrons. The monoisotopic (exact) mass is 280 g/mol. The van der Waals surface area contributed by atoms with Gasteiger partial charge in [0.2, 0.25) is 5.91 Å². The molecule has 2 aliphatic rings. The quantitative estimate of drug-likeness (QED) is 0.617. The third-order valence-corrected chi connectivity index (χ3v) is 4.14. The Morgan fingerprint density at radius 2 is 2.00 bits per heavy atom. The first kappa shape index (κ1) is 14.6. The summed E-state index contributed by atoms with van der Waals surface area (Å²) in [6, 6.07) is -1.66. The second kappa shape index (κ2) is 4.64. The Kier molecular flexibility index (Phi) is 3.57. The molecule has 1 saturated heterocycles. The van der Waals surface area contributed by atoms with Crippen molar-refractivity contribution in [1.29, 1.82) is 0 Å². The first-order valence-electron chi connectivity index (χ1n) is 6.19. The van der Waals surface area contributed by atoms with E-state index in [1.165, 1.54) is 0 Å².